The molecule has 0 radical (unpaired) electrons. The van der Waals surface area contributed by atoms with Crippen LogP contribution in [0.5, 0.6) is 0 Å². The van der Waals surface area contributed by atoms with E-state index in [4.69, 9.17) is 0 Å². The molecule has 1 amide bonds. The maximum absolute atomic E-state index is 12.9. The molecule has 1 N–H and O–H groups in total. The molecule has 1 saturated heterocycles. The Balaban J connectivity index is 1.89. The lowest BCUT2D eigenvalue weighted by Gasteiger charge is -2.26. The van der Waals surface area contributed by atoms with E-state index >= 15 is 0 Å². The van der Waals surface area contributed by atoms with Crippen molar-refractivity contribution in [1.29, 1.82) is 0 Å². The molecule has 1 atom stereocenters. The molecule has 0 spiro atoms. The molecule has 1 aromatic heterocycles. The zero-order valence-electron chi connectivity index (χ0n) is 14.2. The number of benzene rings is 1. The molecule has 6 nitrogen and oxygen atoms in total. The number of aromatic amines is 1. The summed E-state index contributed by atoms with van der Waals surface area (Å²) in [5, 5.41) is 0. The van der Waals surface area contributed by atoms with E-state index < -0.39 is 9.84 Å². The fourth-order valence-corrected chi connectivity index (χ4v) is 4.92. The average molecular weight is 349 g/mol. The maximum atomic E-state index is 12.9. The summed E-state index contributed by atoms with van der Waals surface area (Å²) in [6.07, 6.45) is 0.520. The van der Waals surface area contributed by atoms with Gasteiger partial charge in [-0.1, -0.05) is 13.8 Å². The molecule has 1 unspecified atom stereocenters. The SMILES string of the molecule is CCN(C(=O)c1ccc2nc(C(C)C)[nH]c2c1)C1CCS(=O)(=O)C1. The number of nitrogens with one attached hydrogen (secondary N) is 1. The topological polar surface area (TPSA) is 83.1 Å². The van der Waals surface area contributed by atoms with E-state index in [2.05, 4.69) is 23.8 Å². The summed E-state index contributed by atoms with van der Waals surface area (Å²) >= 11 is 0. The lowest BCUT2D eigenvalue weighted by molar-refractivity contribution is 0.0708. The molecule has 0 aliphatic carbocycles. The van der Waals surface area contributed by atoms with Crippen LogP contribution in [0, 0.1) is 0 Å². The van der Waals surface area contributed by atoms with E-state index in [1.54, 1.807) is 11.0 Å². The quantitative estimate of drug-likeness (QED) is 0.918. The van der Waals surface area contributed by atoms with Crippen LogP contribution in [0.25, 0.3) is 11.0 Å². The van der Waals surface area contributed by atoms with Crippen LogP contribution in [-0.4, -0.2) is 53.3 Å². The summed E-state index contributed by atoms with van der Waals surface area (Å²) < 4.78 is 23.4. The van der Waals surface area contributed by atoms with Crippen molar-refractivity contribution in [2.75, 3.05) is 18.1 Å². The molecule has 0 saturated carbocycles. The van der Waals surface area contributed by atoms with Crippen molar-refractivity contribution in [1.82, 2.24) is 14.9 Å². The van der Waals surface area contributed by atoms with Crippen LogP contribution in [0.4, 0.5) is 0 Å². The Labute approximate surface area is 142 Å². The number of hydrogen-bond donors (Lipinski definition) is 1. The molecular formula is C17H23N3O3S. The van der Waals surface area contributed by atoms with Crippen LogP contribution in [-0.2, 0) is 9.84 Å². The Kier molecular flexibility index (Phi) is 4.38. The summed E-state index contributed by atoms with van der Waals surface area (Å²) in [6.45, 7) is 6.50. The number of fused-ring (bicyclic) bond motifs is 1. The number of imidazole rings is 1. The molecule has 24 heavy (non-hydrogen) atoms. The Hall–Kier alpha value is -1.89. The van der Waals surface area contributed by atoms with Crippen molar-refractivity contribution in [2.45, 2.75) is 39.2 Å². The molecule has 7 heteroatoms. The number of nitrogens with zero attached hydrogens (tertiary/aromatic N) is 2. The average Bonchev–Trinajstić information content (AvgIpc) is 3.10. The molecule has 1 aromatic carbocycles. The van der Waals surface area contributed by atoms with Gasteiger partial charge in [-0.2, -0.15) is 0 Å². The standard InChI is InChI=1S/C17H23N3O3S/c1-4-20(13-7-8-24(22,23)10-13)17(21)12-5-6-14-15(9-12)19-16(18-14)11(2)3/h5-6,9,11,13H,4,7-8,10H2,1-3H3,(H,18,19). The summed E-state index contributed by atoms with van der Waals surface area (Å²) in [5.74, 6) is 1.29. The van der Waals surface area contributed by atoms with Gasteiger partial charge in [0.15, 0.2) is 9.84 Å². The van der Waals surface area contributed by atoms with Crippen molar-refractivity contribution >= 4 is 26.8 Å². The van der Waals surface area contributed by atoms with Gasteiger partial charge in [-0.3, -0.25) is 4.79 Å². The maximum Gasteiger partial charge on any atom is 0.254 e. The highest BCUT2D eigenvalue weighted by atomic mass is 32.2. The van der Waals surface area contributed by atoms with Crippen LogP contribution in [0.15, 0.2) is 18.2 Å². The van der Waals surface area contributed by atoms with E-state index in [0.717, 1.165) is 16.9 Å². The molecule has 2 heterocycles. The number of sulfone groups is 1. The third kappa shape index (κ3) is 3.17. The fraction of sp³-hybridized carbons (Fsp3) is 0.529. The van der Waals surface area contributed by atoms with Gasteiger partial charge >= 0.3 is 0 Å². The fourth-order valence-electron chi connectivity index (χ4n) is 3.19. The van der Waals surface area contributed by atoms with Gasteiger partial charge in [-0.15, -0.1) is 0 Å². The van der Waals surface area contributed by atoms with Gasteiger partial charge in [0.2, 0.25) is 0 Å². The van der Waals surface area contributed by atoms with E-state index in [0.29, 0.717) is 18.5 Å². The molecule has 130 valence electrons. The largest absolute Gasteiger partial charge is 0.342 e. The first-order valence-electron chi connectivity index (χ1n) is 8.32. The van der Waals surface area contributed by atoms with E-state index in [1.165, 1.54) is 0 Å². The first-order valence-corrected chi connectivity index (χ1v) is 10.1. The Morgan fingerprint density at radius 1 is 1.42 bits per heavy atom. The summed E-state index contributed by atoms with van der Waals surface area (Å²) in [4.78, 5) is 22.3. The van der Waals surface area contributed by atoms with Gasteiger partial charge in [0, 0.05) is 24.1 Å². The molecular weight excluding hydrogens is 326 g/mol. The van der Waals surface area contributed by atoms with Gasteiger partial charge in [0.1, 0.15) is 5.82 Å². The number of carbonyl (C=O) groups is 1. The highest BCUT2D eigenvalue weighted by Crippen LogP contribution is 2.22. The van der Waals surface area contributed by atoms with Crippen LogP contribution in [0.1, 0.15) is 49.3 Å². The van der Waals surface area contributed by atoms with Crippen molar-refractivity contribution in [2.24, 2.45) is 0 Å². The van der Waals surface area contributed by atoms with Crippen LogP contribution in [0.3, 0.4) is 0 Å². The van der Waals surface area contributed by atoms with Crippen LogP contribution >= 0.6 is 0 Å². The number of rotatable bonds is 4. The van der Waals surface area contributed by atoms with E-state index in [-0.39, 0.29) is 29.4 Å². The highest BCUT2D eigenvalue weighted by molar-refractivity contribution is 7.91. The van der Waals surface area contributed by atoms with Gasteiger partial charge in [-0.25, -0.2) is 13.4 Å². The number of hydrogen-bond acceptors (Lipinski definition) is 4. The Bertz CT molecular complexity index is 870. The normalized spacial score (nSPS) is 19.9. The van der Waals surface area contributed by atoms with Gasteiger partial charge in [0.25, 0.3) is 5.91 Å². The van der Waals surface area contributed by atoms with E-state index in [1.807, 2.05) is 19.1 Å². The molecule has 1 aliphatic rings. The van der Waals surface area contributed by atoms with Crippen LogP contribution in [0.2, 0.25) is 0 Å². The van der Waals surface area contributed by atoms with Crippen molar-refractivity contribution in [3.63, 3.8) is 0 Å². The third-order valence-electron chi connectivity index (χ3n) is 4.54. The summed E-state index contributed by atoms with van der Waals surface area (Å²) in [5.41, 5.74) is 2.23. The minimum absolute atomic E-state index is 0.0659. The minimum Gasteiger partial charge on any atom is -0.342 e. The highest BCUT2D eigenvalue weighted by Gasteiger charge is 2.34. The summed E-state index contributed by atoms with van der Waals surface area (Å²) in [7, 11) is -3.02. The monoisotopic (exact) mass is 349 g/mol. The second-order valence-electron chi connectivity index (χ2n) is 6.66. The lowest BCUT2D eigenvalue weighted by atomic mass is 10.1. The van der Waals surface area contributed by atoms with Gasteiger partial charge in [-0.05, 0) is 31.5 Å². The Morgan fingerprint density at radius 3 is 2.75 bits per heavy atom. The third-order valence-corrected chi connectivity index (χ3v) is 6.30. The minimum atomic E-state index is -3.02. The molecule has 1 aliphatic heterocycles. The lowest BCUT2D eigenvalue weighted by Crippen LogP contribution is -2.40. The summed E-state index contributed by atoms with van der Waals surface area (Å²) in [6, 6.07) is 5.19. The first-order chi connectivity index (χ1) is 11.3. The number of aromatic nitrogens is 2. The number of H-pyrrole nitrogens is 1. The molecule has 0 bridgehead atoms. The predicted octanol–water partition coefficient (Wildman–Crippen LogP) is 2.34. The van der Waals surface area contributed by atoms with Crippen LogP contribution < -0.4 is 0 Å². The van der Waals surface area contributed by atoms with Crippen molar-refractivity contribution < 1.29 is 13.2 Å². The van der Waals surface area contributed by atoms with Crippen molar-refractivity contribution in [3.8, 4) is 0 Å². The second kappa shape index (κ2) is 6.20. The van der Waals surface area contributed by atoms with Gasteiger partial charge < -0.3 is 9.88 Å². The zero-order chi connectivity index (χ0) is 17.5. The van der Waals surface area contributed by atoms with Gasteiger partial charge in [0.05, 0.1) is 22.5 Å². The molecule has 3 rings (SSSR count). The first kappa shape index (κ1) is 17.0. The van der Waals surface area contributed by atoms with Crippen molar-refractivity contribution in [3.05, 3.63) is 29.6 Å². The number of amides is 1. The molecule has 1 fully saturated rings. The number of carbonyl (C=O) groups excluding carboxylic acids is 1. The Morgan fingerprint density at radius 2 is 2.17 bits per heavy atom. The van der Waals surface area contributed by atoms with E-state index in [9.17, 15) is 13.2 Å². The predicted molar refractivity (Wildman–Crippen MR) is 94.0 cm³/mol. The molecule has 2 aromatic rings. The second-order valence-corrected chi connectivity index (χ2v) is 8.89. The zero-order valence-corrected chi connectivity index (χ0v) is 15.1. The smallest absolute Gasteiger partial charge is 0.254 e.